The molecule has 2 aromatic heterocycles. The van der Waals surface area contributed by atoms with Crippen molar-refractivity contribution in [3.8, 4) is 10.8 Å². The van der Waals surface area contributed by atoms with Gasteiger partial charge in [0.1, 0.15) is 0 Å². The predicted molar refractivity (Wildman–Crippen MR) is 79.7 cm³/mol. The summed E-state index contributed by atoms with van der Waals surface area (Å²) in [7, 11) is 0. The van der Waals surface area contributed by atoms with Gasteiger partial charge in [-0.3, -0.25) is 4.90 Å². The van der Waals surface area contributed by atoms with E-state index < -0.39 is 0 Å². The summed E-state index contributed by atoms with van der Waals surface area (Å²) < 4.78 is 5.41. The minimum atomic E-state index is 0.686. The first-order valence-corrected chi connectivity index (χ1v) is 8.21. The molecular weight excluding hydrogens is 270 g/mol. The molecule has 4 nitrogen and oxygen atoms in total. The molecule has 0 radical (unpaired) electrons. The molecular formula is C15H19N3OS. The van der Waals surface area contributed by atoms with Crippen molar-refractivity contribution in [2.45, 2.75) is 37.9 Å². The molecule has 2 unspecified atom stereocenters. The Kier molecular flexibility index (Phi) is 3.34. The highest BCUT2D eigenvalue weighted by molar-refractivity contribution is 7.13. The van der Waals surface area contributed by atoms with Gasteiger partial charge in [0.25, 0.3) is 0 Å². The normalized spacial score (nSPS) is 26.8. The summed E-state index contributed by atoms with van der Waals surface area (Å²) in [6.45, 7) is 3.30. The van der Waals surface area contributed by atoms with Crippen molar-refractivity contribution in [1.82, 2.24) is 15.2 Å². The third-order valence-corrected chi connectivity index (χ3v) is 5.18. The van der Waals surface area contributed by atoms with Gasteiger partial charge in [-0.25, -0.2) is 4.98 Å². The van der Waals surface area contributed by atoms with Crippen LogP contribution in [-0.2, 0) is 6.54 Å². The minimum Gasteiger partial charge on any atom is -0.462 e. The van der Waals surface area contributed by atoms with Crippen LogP contribution in [0.5, 0.6) is 0 Å². The van der Waals surface area contributed by atoms with E-state index in [4.69, 9.17) is 9.40 Å². The molecule has 0 amide bonds. The first-order valence-electron chi connectivity index (χ1n) is 7.33. The van der Waals surface area contributed by atoms with Crippen molar-refractivity contribution in [2.24, 2.45) is 0 Å². The third-order valence-electron chi connectivity index (χ3n) is 4.28. The summed E-state index contributed by atoms with van der Waals surface area (Å²) in [6, 6.07) is 5.31. The van der Waals surface area contributed by atoms with Crippen LogP contribution in [0.2, 0.25) is 0 Å². The van der Waals surface area contributed by atoms with Crippen LogP contribution in [0.4, 0.5) is 0 Å². The first-order chi connectivity index (χ1) is 9.87. The van der Waals surface area contributed by atoms with Crippen molar-refractivity contribution < 1.29 is 4.42 Å². The third kappa shape index (κ3) is 2.53. The molecule has 2 aromatic rings. The Hall–Kier alpha value is -1.17. The van der Waals surface area contributed by atoms with Crippen molar-refractivity contribution in [3.05, 3.63) is 29.5 Å². The van der Waals surface area contributed by atoms with E-state index in [2.05, 4.69) is 15.6 Å². The maximum Gasteiger partial charge on any atom is 0.162 e. The number of fused-ring (bicyclic) bond motifs is 2. The molecule has 106 valence electrons. The number of hydrogen-bond donors (Lipinski definition) is 1. The van der Waals surface area contributed by atoms with Crippen molar-refractivity contribution in [3.63, 3.8) is 0 Å². The van der Waals surface area contributed by atoms with E-state index in [0.717, 1.165) is 29.9 Å². The Labute approximate surface area is 122 Å². The average molecular weight is 289 g/mol. The molecule has 1 N–H and O–H groups in total. The quantitative estimate of drug-likeness (QED) is 0.943. The van der Waals surface area contributed by atoms with Gasteiger partial charge in [0.15, 0.2) is 10.8 Å². The van der Waals surface area contributed by atoms with Crippen LogP contribution >= 0.6 is 11.3 Å². The summed E-state index contributed by atoms with van der Waals surface area (Å²) in [5, 5.41) is 6.87. The molecule has 2 atom stereocenters. The second-order valence-electron chi connectivity index (χ2n) is 5.78. The molecule has 4 heterocycles. The number of thiazole rings is 1. The summed E-state index contributed by atoms with van der Waals surface area (Å²) >= 11 is 1.67. The first kappa shape index (κ1) is 12.6. The summed E-state index contributed by atoms with van der Waals surface area (Å²) in [5.74, 6) is 0.873. The van der Waals surface area contributed by atoms with Crippen LogP contribution in [0.15, 0.2) is 28.2 Å². The molecule has 4 rings (SSSR count). The van der Waals surface area contributed by atoms with Gasteiger partial charge in [-0.05, 0) is 31.4 Å². The number of furan rings is 1. The van der Waals surface area contributed by atoms with E-state index in [0.29, 0.717) is 6.04 Å². The van der Waals surface area contributed by atoms with Crippen LogP contribution in [0.3, 0.4) is 0 Å². The molecule has 20 heavy (non-hydrogen) atoms. The molecule has 0 aliphatic carbocycles. The molecule has 2 aliphatic rings. The van der Waals surface area contributed by atoms with Gasteiger partial charge >= 0.3 is 0 Å². The maximum absolute atomic E-state index is 5.41. The van der Waals surface area contributed by atoms with Gasteiger partial charge in [0, 0.05) is 37.1 Å². The largest absolute Gasteiger partial charge is 0.462 e. The Morgan fingerprint density at radius 2 is 2.30 bits per heavy atom. The SMILES string of the molecule is c1coc(-c2nc(CN3CCC4CCC(C3)N4)cs2)c1. The van der Waals surface area contributed by atoms with E-state index in [-0.39, 0.29) is 0 Å². The van der Waals surface area contributed by atoms with Gasteiger partial charge in [-0.1, -0.05) is 0 Å². The van der Waals surface area contributed by atoms with Crippen LogP contribution in [0.25, 0.3) is 10.8 Å². The lowest BCUT2D eigenvalue weighted by atomic mass is 10.1. The number of rotatable bonds is 3. The Morgan fingerprint density at radius 3 is 3.20 bits per heavy atom. The van der Waals surface area contributed by atoms with Gasteiger partial charge in [0.2, 0.25) is 0 Å². The van der Waals surface area contributed by atoms with Gasteiger partial charge in [0.05, 0.1) is 12.0 Å². The molecule has 2 bridgehead atoms. The van der Waals surface area contributed by atoms with E-state index >= 15 is 0 Å². The zero-order chi connectivity index (χ0) is 13.4. The van der Waals surface area contributed by atoms with Crippen LogP contribution in [-0.4, -0.2) is 35.1 Å². The van der Waals surface area contributed by atoms with Crippen LogP contribution in [0, 0.1) is 0 Å². The number of nitrogens with one attached hydrogen (secondary N) is 1. The Bertz CT molecular complexity index is 565. The minimum absolute atomic E-state index is 0.686. The van der Waals surface area contributed by atoms with Crippen LogP contribution in [0.1, 0.15) is 25.0 Å². The predicted octanol–water partition coefficient (Wildman–Crippen LogP) is 2.73. The van der Waals surface area contributed by atoms with E-state index in [1.165, 1.54) is 31.5 Å². The lowest BCUT2D eigenvalue weighted by Crippen LogP contribution is -2.35. The number of hydrogen-bond acceptors (Lipinski definition) is 5. The number of likely N-dealkylation sites (tertiary alicyclic amines) is 1. The summed E-state index contributed by atoms with van der Waals surface area (Å²) in [4.78, 5) is 7.24. The van der Waals surface area contributed by atoms with Gasteiger partial charge < -0.3 is 9.73 Å². The maximum atomic E-state index is 5.41. The number of nitrogens with zero attached hydrogens (tertiary/aromatic N) is 2. The molecule has 2 saturated heterocycles. The average Bonchev–Trinajstić information content (AvgIpc) is 3.13. The fourth-order valence-electron chi connectivity index (χ4n) is 3.28. The monoisotopic (exact) mass is 289 g/mol. The molecule has 0 saturated carbocycles. The van der Waals surface area contributed by atoms with Gasteiger partial charge in [-0.15, -0.1) is 11.3 Å². The fourth-order valence-corrected chi connectivity index (χ4v) is 4.06. The lowest BCUT2D eigenvalue weighted by Gasteiger charge is -2.22. The molecule has 2 aliphatic heterocycles. The smallest absolute Gasteiger partial charge is 0.162 e. The molecule has 0 aromatic carbocycles. The van der Waals surface area contributed by atoms with Crippen molar-refractivity contribution >= 4 is 11.3 Å². The van der Waals surface area contributed by atoms with E-state index in [1.54, 1.807) is 17.6 Å². The fraction of sp³-hybridized carbons (Fsp3) is 0.533. The Morgan fingerprint density at radius 1 is 1.35 bits per heavy atom. The van der Waals surface area contributed by atoms with Gasteiger partial charge in [-0.2, -0.15) is 0 Å². The van der Waals surface area contributed by atoms with Crippen molar-refractivity contribution in [1.29, 1.82) is 0 Å². The molecule has 5 heteroatoms. The Balaban J connectivity index is 1.44. The van der Waals surface area contributed by atoms with E-state index in [1.807, 2.05) is 12.1 Å². The second-order valence-corrected chi connectivity index (χ2v) is 6.64. The topological polar surface area (TPSA) is 41.3 Å². The summed E-state index contributed by atoms with van der Waals surface area (Å²) in [6.07, 6.45) is 5.66. The molecule has 2 fully saturated rings. The highest BCUT2D eigenvalue weighted by atomic mass is 32.1. The highest BCUT2D eigenvalue weighted by Crippen LogP contribution is 2.26. The lowest BCUT2D eigenvalue weighted by molar-refractivity contribution is 0.248. The summed E-state index contributed by atoms with van der Waals surface area (Å²) in [5.41, 5.74) is 1.17. The van der Waals surface area contributed by atoms with E-state index in [9.17, 15) is 0 Å². The standard InChI is InChI=1S/C15H19N3OS/c1-2-14(19-7-1)15-17-13(10-20-15)9-18-6-5-11-3-4-12(8-18)16-11/h1-2,7,10-12,16H,3-6,8-9H2. The zero-order valence-electron chi connectivity index (χ0n) is 11.4. The van der Waals surface area contributed by atoms with Crippen LogP contribution < -0.4 is 5.32 Å². The highest BCUT2D eigenvalue weighted by Gasteiger charge is 2.29. The number of aromatic nitrogens is 1. The zero-order valence-corrected chi connectivity index (χ0v) is 12.2. The second kappa shape index (κ2) is 5.31. The molecule has 0 spiro atoms. The van der Waals surface area contributed by atoms with Crippen molar-refractivity contribution in [2.75, 3.05) is 13.1 Å².